The molecule has 0 aromatic carbocycles. The van der Waals surface area contributed by atoms with E-state index in [1.54, 1.807) is 18.5 Å². The Morgan fingerprint density at radius 2 is 1.96 bits per heavy atom. The van der Waals surface area contributed by atoms with Crippen molar-refractivity contribution in [1.82, 2.24) is 20.2 Å². The Morgan fingerprint density at radius 3 is 2.70 bits per heavy atom. The second kappa shape index (κ2) is 7.39. The first kappa shape index (κ1) is 15.7. The lowest BCUT2D eigenvalue weighted by atomic mass is 10.1. The number of hydrogen-bond acceptors (Lipinski definition) is 5. The average Bonchev–Trinajstić information content (AvgIpc) is 3.21. The molecule has 7 nitrogen and oxygen atoms in total. The summed E-state index contributed by atoms with van der Waals surface area (Å²) in [6.07, 6.45) is 8.22. The summed E-state index contributed by atoms with van der Waals surface area (Å²) in [6.45, 7) is 1.62. The number of hydrogen-bond donors (Lipinski definition) is 2. The monoisotopic (exact) mass is 317 g/mol. The van der Waals surface area contributed by atoms with Crippen LogP contribution in [-0.2, 0) is 9.59 Å². The largest absolute Gasteiger partial charge is 0.354 e. The van der Waals surface area contributed by atoms with E-state index in [9.17, 15) is 9.59 Å². The van der Waals surface area contributed by atoms with E-state index in [2.05, 4.69) is 20.6 Å². The molecule has 3 rings (SSSR count). The number of nitrogens with zero attached hydrogens (tertiary/aromatic N) is 3. The maximum absolute atomic E-state index is 12.2. The number of anilines is 1. The molecule has 0 spiro atoms. The fraction of sp³-hybridized carbons (Fsp3) is 0.625. The quantitative estimate of drug-likeness (QED) is 0.758. The van der Waals surface area contributed by atoms with Gasteiger partial charge in [0.1, 0.15) is 0 Å². The minimum atomic E-state index is -0.212. The molecule has 2 fully saturated rings. The second-order valence-electron chi connectivity index (χ2n) is 6.18. The maximum atomic E-state index is 12.2. The second-order valence-corrected chi connectivity index (χ2v) is 6.18. The van der Waals surface area contributed by atoms with Crippen LogP contribution in [0.1, 0.15) is 32.1 Å². The zero-order valence-corrected chi connectivity index (χ0v) is 13.2. The van der Waals surface area contributed by atoms with Gasteiger partial charge in [-0.3, -0.25) is 9.59 Å². The third-order valence-electron chi connectivity index (χ3n) is 4.57. The van der Waals surface area contributed by atoms with Crippen LogP contribution in [0.25, 0.3) is 0 Å². The molecule has 0 bridgehead atoms. The average molecular weight is 317 g/mol. The Labute approximate surface area is 135 Å². The molecular weight excluding hydrogens is 294 g/mol. The smallest absolute Gasteiger partial charge is 0.225 e. The van der Waals surface area contributed by atoms with E-state index >= 15 is 0 Å². The van der Waals surface area contributed by atoms with E-state index in [4.69, 9.17) is 0 Å². The highest BCUT2D eigenvalue weighted by molar-refractivity contribution is 5.89. The fourth-order valence-electron chi connectivity index (χ4n) is 3.37. The first-order valence-corrected chi connectivity index (χ1v) is 8.32. The molecule has 1 aromatic rings. The molecule has 1 aromatic heterocycles. The summed E-state index contributed by atoms with van der Waals surface area (Å²) in [6, 6.07) is 2.11. The van der Waals surface area contributed by atoms with Crippen molar-refractivity contribution < 1.29 is 9.59 Å². The normalized spacial score (nSPS) is 21.7. The van der Waals surface area contributed by atoms with E-state index in [0.29, 0.717) is 38.0 Å². The standard InChI is InChI=1S/C16H23N5O2/c22-14-10-12(11-21(14)13-4-1-2-5-13)15(23)17-8-9-20-16-18-6-3-7-19-16/h3,6-7,12-13H,1-2,4-5,8-11H2,(H,17,23)(H,18,19,20)/t12-/m0/s1. The molecule has 2 heterocycles. The van der Waals surface area contributed by atoms with Gasteiger partial charge in [0, 0.05) is 44.5 Å². The van der Waals surface area contributed by atoms with Gasteiger partial charge in [-0.2, -0.15) is 0 Å². The van der Waals surface area contributed by atoms with Crippen LogP contribution in [0, 0.1) is 5.92 Å². The van der Waals surface area contributed by atoms with Crippen LogP contribution in [0.2, 0.25) is 0 Å². The highest BCUT2D eigenvalue weighted by Crippen LogP contribution is 2.29. The van der Waals surface area contributed by atoms with Gasteiger partial charge in [0.05, 0.1) is 5.92 Å². The number of amides is 2. The Balaban J connectivity index is 1.39. The maximum Gasteiger partial charge on any atom is 0.225 e. The first-order valence-electron chi connectivity index (χ1n) is 8.32. The van der Waals surface area contributed by atoms with Crippen molar-refractivity contribution >= 4 is 17.8 Å². The molecule has 124 valence electrons. The van der Waals surface area contributed by atoms with Gasteiger partial charge < -0.3 is 15.5 Å². The summed E-state index contributed by atoms with van der Waals surface area (Å²) in [5.74, 6) is 0.434. The zero-order valence-electron chi connectivity index (χ0n) is 13.2. The molecule has 2 N–H and O–H groups in total. The van der Waals surface area contributed by atoms with Crippen molar-refractivity contribution in [2.75, 3.05) is 25.0 Å². The van der Waals surface area contributed by atoms with Crippen molar-refractivity contribution in [3.63, 3.8) is 0 Å². The van der Waals surface area contributed by atoms with E-state index in [-0.39, 0.29) is 17.7 Å². The van der Waals surface area contributed by atoms with Crippen molar-refractivity contribution in [3.05, 3.63) is 18.5 Å². The molecule has 1 atom stereocenters. The number of aromatic nitrogens is 2. The van der Waals surface area contributed by atoms with Crippen LogP contribution >= 0.6 is 0 Å². The highest BCUT2D eigenvalue weighted by atomic mass is 16.2. The number of nitrogens with one attached hydrogen (secondary N) is 2. The molecule has 1 aliphatic heterocycles. The van der Waals surface area contributed by atoms with Crippen LogP contribution < -0.4 is 10.6 Å². The Bertz CT molecular complexity index is 545. The molecule has 7 heteroatoms. The molecule has 0 unspecified atom stereocenters. The van der Waals surface area contributed by atoms with Crippen LogP contribution in [0.15, 0.2) is 18.5 Å². The summed E-state index contributed by atoms with van der Waals surface area (Å²) < 4.78 is 0. The van der Waals surface area contributed by atoms with Gasteiger partial charge in [-0.05, 0) is 18.9 Å². The van der Waals surface area contributed by atoms with E-state index in [0.717, 1.165) is 12.8 Å². The highest BCUT2D eigenvalue weighted by Gasteiger charge is 2.38. The van der Waals surface area contributed by atoms with Gasteiger partial charge in [0.2, 0.25) is 17.8 Å². The summed E-state index contributed by atoms with van der Waals surface area (Å²) in [4.78, 5) is 34.3. The predicted molar refractivity (Wildman–Crippen MR) is 85.6 cm³/mol. The van der Waals surface area contributed by atoms with Gasteiger partial charge in [-0.15, -0.1) is 0 Å². The lowest BCUT2D eigenvalue weighted by Crippen LogP contribution is -2.38. The van der Waals surface area contributed by atoms with E-state index in [1.807, 2.05) is 4.90 Å². The predicted octanol–water partition coefficient (Wildman–Crippen LogP) is 0.796. The first-order chi connectivity index (χ1) is 11.2. The third kappa shape index (κ3) is 3.97. The molecule has 23 heavy (non-hydrogen) atoms. The van der Waals surface area contributed by atoms with Gasteiger partial charge in [-0.1, -0.05) is 12.8 Å². The van der Waals surface area contributed by atoms with Crippen LogP contribution in [0.5, 0.6) is 0 Å². The summed E-state index contributed by atoms with van der Waals surface area (Å²) in [5, 5.41) is 5.93. The van der Waals surface area contributed by atoms with Crippen molar-refractivity contribution in [2.45, 2.75) is 38.1 Å². The molecule has 1 saturated heterocycles. The van der Waals surface area contributed by atoms with Crippen LogP contribution in [-0.4, -0.2) is 52.4 Å². The van der Waals surface area contributed by atoms with Crippen LogP contribution in [0.3, 0.4) is 0 Å². The van der Waals surface area contributed by atoms with E-state index < -0.39 is 0 Å². The van der Waals surface area contributed by atoms with Gasteiger partial charge >= 0.3 is 0 Å². The number of likely N-dealkylation sites (tertiary alicyclic amines) is 1. The van der Waals surface area contributed by atoms with Crippen molar-refractivity contribution in [2.24, 2.45) is 5.92 Å². The summed E-state index contributed by atoms with van der Waals surface area (Å²) in [5.41, 5.74) is 0. The minimum absolute atomic E-state index is 0.0328. The zero-order chi connectivity index (χ0) is 16.1. The van der Waals surface area contributed by atoms with Gasteiger partial charge in [0.25, 0.3) is 0 Å². The lowest BCUT2D eigenvalue weighted by Gasteiger charge is -2.23. The fourth-order valence-corrected chi connectivity index (χ4v) is 3.37. The van der Waals surface area contributed by atoms with Gasteiger partial charge in [-0.25, -0.2) is 9.97 Å². The van der Waals surface area contributed by atoms with Crippen molar-refractivity contribution in [3.8, 4) is 0 Å². The Hall–Kier alpha value is -2.18. The van der Waals surface area contributed by atoms with Crippen molar-refractivity contribution in [1.29, 1.82) is 0 Å². The Kier molecular flexibility index (Phi) is 5.05. The van der Waals surface area contributed by atoms with E-state index in [1.165, 1.54) is 12.8 Å². The minimum Gasteiger partial charge on any atom is -0.354 e. The topological polar surface area (TPSA) is 87.2 Å². The van der Waals surface area contributed by atoms with Crippen LogP contribution in [0.4, 0.5) is 5.95 Å². The molecular formula is C16H23N5O2. The summed E-state index contributed by atoms with van der Waals surface area (Å²) in [7, 11) is 0. The molecule has 0 radical (unpaired) electrons. The SMILES string of the molecule is O=C(NCCNc1ncccn1)[C@H]1CC(=O)N(C2CCCC2)C1. The number of carbonyl (C=O) groups excluding carboxylic acids is 2. The lowest BCUT2D eigenvalue weighted by molar-refractivity contribution is -0.130. The number of carbonyl (C=O) groups is 2. The molecule has 1 aliphatic carbocycles. The van der Waals surface area contributed by atoms with Gasteiger partial charge in [0.15, 0.2) is 0 Å². The molecule has 1 saturated carbocycles. The number of rotatable bonds is 6. The Morgan fingerprint density at radius 1 is 1.22 bits per heavy atom. The molecule has 2 aliphatic rings. The summed E-state index contributed by atoms with van der Waals surface area (Å²) >= 11 is 0. The third-order valence-corrected chi connectivity index (χ3v) is 4.57. The molecule has 2 amide bonds.